The van der Waals surface area contributed by atoms with E-state index in [4.69, 9.17) is 0 Å². The maximum absolute atomic E-state index is 14.2. The van der Waals surface area contributed by atoms with E-state index < -0.39 is 0 Å². The molecule has 1 N–H and O–H groups in total. The summed E-state index contributed by atoms with van der Waals surface area (Å²) in [6.45, 7) is 9.49. The second kappa shape index (κ2) is 6.20. The molecule has 0 amide bonds. The van der Waals surface area contributed by atoms with Crippen molar-refractivity contribution in [2.75, 3.05) is 18.0 Å². The summed E-state index contributed by atoms with van der Waals surface area (Å²) in [6.07, 6.45) is 4.28. The van der Waals surface area contributed by atoms with Gasteiger partial charge in [0.15, 0.2) is 0 Å². The minimum Gasteiger partial charge on any atom is -0.364 e. The fraction of sp³-hybridized carbons (Fsp3) is 0.500. The molecule has 2 nitrogen and oxygen atoms in total. The molecule has 0 saturated heterocycles. The number of halogens is 1. The first kappa shape index (κ1) is 14.1. The van der Waals surface area contributed by atoms with Crippen LogP contribution in [0.3, 0.4) is 0 Å². The highest BCUT2D eigenvalue weighted by atomic mass is 19.1. The molecule has 1 aliphatic rings. The van der Waals surface area contributed by atoms with E-state index in [1.165, 1.54) is 12.8 Å². The van der Waals surface area contributed by atoms with Crippen LogP contribution in [0.4, 0.5) is 10.1 Å². The first-order valence-corrected chi connectivity index (χ1v) is 7.08. The average Bonchev–Trinajstić information content (AvgIpc) is 3.20. The van der Waals surface area contributed by atoms with Gasteiger partial charge in [0, 0.05) is 29.9 Å². The number of anilines is 1. The lowest BCUT2D eigenvalue weighted by atomic mass is 10.0. The quantitative estimate of drug-likeness (QED) is 0.755. The van der Waals surface area contributed by atoms with Crippen molar-refractivity contribution >= 4 is 5.69 Å². The highest BCUT2D eigenvalue weighted by Gasteiger charge is 2.31. The summed E-state index contributed by atoms with van der Waals surface area (Å²) in [6, 6.07) is 5.94. The van der Waals surface area contributed by atoms with Gasteiger partial charge in [-0.25, -0.2) is 4.39 Å². The van der Waals surface area contributed by atoms with E-state index in [2.05, 4.69) is 16.8 Å². The Morgan fingerprint density at radius 1 is 1.53 bits per heavy atom. The van der Waals surface area contributed by atoms with Crippen LogP contribution in [0, 0.1) is 5.82 Å². The lowest BCUT2D eigenvalue weighted by Gasteiger charge is -2.28. The average molecular weight is 262 g/mol. The molecule has 0 radical (unpaired) electrons. The lowest BCUT2D eigenvalue weighted by Crippen LogP contribution is -2.29. The fourth-order valence-corrected chi connectivity index (χ4v) is 2.58. The second-order valence-electron chi connectivity index (χ2n) is 5.12. The summed E-state index contributed by atoms with van der Waals surface area (Å²) in [5.74, 6) is -0.124. The molecule has 19 heavy (non-hydrogen) atoms. The number of nitrogens with zero attached hydrogens (tertiary/aromatic N) is 1. The SMILES string of the molecule is C=CCN(c1cccc(F)c1C(C)NCC)C1CC1. The van der Waals surface area contributed by atoms with E-state index >= 15 is 0 Å². The summed E-state index contributed by atoms with van der Waals surface area (Å²) in [4.78, 5) is 2.28. The second-order valence-corrected chi connectivity index (χ2v) is 5.12. The molecule has 1 aliphatic carbocycles. The molecule has 0 spiro atoms. The number of benzene rings is 1. The van der Waals surface area contributed by atoms with Crippen LogP contribution in [0.25, 0.3) is 0 Å². The molecule has 0 heterocycles. The zero-order valence-electron chi connectivity index (χ0n) is 11.8. The molecule has 3 heteroatoms. The maximum Gasteiger partial charge on any atom is 0.130 e. The van der Waals surface area contributed by atoms with E-state index in [1.807, 2.05) is 26.0 Å². The van der Waals surface area contributed by atoms with Gasteiger partial charge in [-0.1, -0.05) is 19.1 Å². The highest BCUT2D eigenvalue weighted by Crippen LogP contribution is 2.36. The molecule has 1 unspecified atom stereocenters. The van der Waals surface area contributed by atoms with Crippen LogP contribution < -0.4 is 10.2 Å². The van der Waals surface area contributed by atoms with Crippen molar-refractivity contribution in [3.63, 3.8) is 0 Å². The zero-order valence-corrected chi connectivity index (χ0v) is 11.8. The largest absolute Gasteiger partial charge is 0.364 e. The lowest BCUT2D eigenvalue weighted by molar-refractivity contribution is 0.539. The predicted octanol–water partition coefficient (Wildman–Crippen LogP) is 3.65. The molecule has 104 valence electrons. The minimum atomic E-state index is -0.124. The van der Waals surface area contributed by atoms with Gasteiger partial charge in [-0.2, -0.15) is 0 Å². The Balaban J connectivity index is 2.37. The topological polar surface area (TPSA) is 15.3 Å². The molecule has 0 aromatic heterocycles. The van der Waals surface area contributed by atoms with E-state index in [0.29, 0.717) is 6.04 Å². The molecule has 1 aromatic carbocycles. The van der Waals surface area contributed by atoms with Crippen molar-refractivity contribution in [2.45, 2.75) is 38.8 Å². The number of hydrogen-bond donors (Lipinski definition) is 1. The van der Waals surface area contributed by atoms with Crippen molar-refractivity contribution in [2.24, 2.45) is 0 Å². The summed E-state index contributed by atoms with van der Waals surface area (Å²) in [7, 11) is 0. The third kappa shape index (κ3) is 3.16. The van der Waals surface area contributed by atoms with Crippen molar-refractivity contribution in [3.8, 4) is 0 Å². The molecular formula is C16H23FN2. The summed E-state index contributed by atoms with van der Waals surface area (Å²) in [5.41, 5.74) is 1.79. The van der Waals surface area contributed by atoms with E-state index in [0.717, 1.165) is 24.3 Å². The Morgan fingerprint density at radius 2 is 2.26 bits per heavy atom. The van der Waals surface area contributed by atoms with Crippen molar-refractivity contribution in [1.82, 2.24) is 5.32 Å². The van der Waals surface area contributed by atoms with Gasteiger partial charge < -0.3 is 10.2 Å². The molecular weight excluding hydrogens is 239 g/mol. The van der Waals surface area contributed by atoms with Crippen LogP contribution in [0.1, 0.15) is 38.3 Å². The third-order valence-electron chi connectivity index (χ3n) is 3.60. The van der Waals surface area contributed by atoms with Gasteiger partial charge in [0.1, 0.15) is 5.82 Å². The van der Waals surface area contributed by atoms with Crippen LogP contribution >= 0.6 is 0 Å². The Labute approximate surface area is 115 Å². The van der Waals surface area contributed by atoms with E-state index in [9.17, 15) is 4.39 Å². The van der Waals surface area contributed by atoms with Crippen LogP contribution in [-0.4, -0.2) is 19.1 Å². The molecule has 1 atom stereocenters. The maximum atomic E-state index is 14.2. The van der Waals surface area contributed by atoms with E-state index in [1.54, 1.807) is 12.1 Å². The fourth-order valence-electron chi connectivity index (χ4n) is 2.58. The van der Waals surface area contributed by atoms with Crippen LogP contribution in [0.15, 0.2) is 30.9 Å². The van der Waals surface area contributed by atoms with Crippen LogP contribution in [0.2, 0.25) is 0 Å². The van der Waals surface area contributed by atoms with Crippen LogP contribution in [0.5, 0.6) is 0 Å². The van der Waals surface area contributed by atoms with E-state index in [-0.39, 0.29) is 11.9 Å². The first-order valence-electron chi connectivity index (χ1n) is 7.08. The van der Waals surface area contributed by atoms with Crippen molar-refractivity contribution in [3.05, 3.63) is 42.2 Å². The molecule has 2 rings (SSSR count). The number of rotatable bonds is 7. The molecule has 0 aliphatic heterocycles. The predicted molar refractivity (Wildman–Crippen MR) is 79.1 cm³/mol. The van der Waals surface area contributed by atoms with Gasteiger partial charge in [0.05, 0.1) is 0 Å². The van der Waals surface area contributed by atoms with Gasteiger partial charge >= 0.3 is 0 Å². The van der Waals surface area contributed by atoms with Crippen molar-refractivity contribution < 1.29 is 4.39 Å². The molecule has 1 saturated carbocycles. The van der Waals surface area contributed by atoms with Gasteiger partial charge in [0.2, 0.25) is 0 Å². The summed E-state index contributed by atoms with van der Waals surface area (Å²) < 4.78 is 14.2. The van der Waals surface area contributed by atoms with Crippen LogP contribution in [-0.2, 0) is 0 Å². The molecule has 1 fully saturated rings. The normalized spacial score (nSPS) is 16.2. The summed E-state index contributed by atoms with van der Waals surface area (Å²) in [5, 5.41) is 3.31. The number of hydrogen-bond acceptors (Lipinski definition) is 2. The Morgan fingerprint density at radius 3 is 2.84 bits per heavy atom. The van der Waals surface area contributed by atoms with Gasteiger partial charge in [-0.05, 0) is 38.4 Å². The van der Waals surface area contributed by atoms with Gasteiger partial charge in [0.25, 0.3) is 0 Å². The monoisotopic (exact) mass is 262 g/mol. The molecule has 0 bridgehead atoms. The minimum absolute atomic E-state index is 0.0206. The summed E-state index contributed by atoms with van der Waals surface area (Å²) >= 11 is 0. The van der Waals surface area contributed by atoms with Crippen molar-refractivity contribution in [1.29, 1.82) is 0 Å². The van der Waals surface area contributed by atoms with Gasteiger partial charge in [-0.15, -0.1) is 6.58 Å². The van der Waals surface area contributed by atoms with Gasteiger partial charge in [-0.3, -0.25) is 0 Å². The Hall–Kier alpha value is -1.35. The Bertz CT molecular complexity index is 440. The Kier molecular flexibility index (Phi) is 4.59. The third-order valence-corrected chi connectivity index (χ3v) is 3.60. The highest BCUT2D eigenvalue weighted by molar-refractivity contribution is 5.57. The standard InChI is InChI=1S/C16H23FN2/c1-4-11-19(13-9-10-13)15-8-6-7-14(17)16(15)12(3)18-5-2/h4,6-8,12-13,18H,1,5,9-11H2,2-3H3. The zero-order chi connectivity index (χ0) is 13.8. The first-order chi connectivity index (χ1) is 9.19. The number of nitrogens with one attached hydrogen (secondary N) is 1. The smallest absolute Gasteiger partial charge is 0.130 e. The molecule has 1 aromatic rings.